The molecule has 1 amide bonds. The number of aromatic hydroxyl groups is 2. The Hall–Kier alpha value is -6.23. The van der Waals surface area contributed by atoms with Gasteiger partial charge in [-0.1, -0.05) is 150 Å². The van der Waals surface area contributed by atoms with Gasteiger partial charge >= 0.3 is 0 Å². The number of anilines is 3. The van der Waals surface area contributed by atoms with Crippen LogP contribution in [0.5, 0.6) is 17.2 Å². The van der Waals surface area contributed by atoms with E-state index in [-0.39, 0.29) is 67.3 Å². The molecule has 0 spiro atoms. The molecule has 5 aromatic carbocycles. The summed E-state index contributed by atoms with van der Waals surface area (Å²) in [5.74, 6) is -0.800. The summed E-state index contributed by atoms with van der Waals surface area (Å²) in [7, 11) is -12.9. The van der Waals surface area contributed by atoms with Crippen LogP contribution >= 0.6 is 0 Å². The van der Waals surface area contributed by atoms with Crippen molar-refractivity contribution in [3.8, 4) is 23.3 Å². The molecule has 0 fully saturated rings. The quantitative estimate of drug-likeness (QED) is 0.0171. The normalized spacial score (nSPS) is 12.5. The van der Waals surface area contributed by atoms with E-state index in [1.54, 1.807) is 6.92 Å². The van der Waals surface area contributed by atoms with Crippen LogP contribution in [0.4, 0.5) is 28.4 Å². The number of ether oxygens (including phenoxy) is 1. The van der Waals surface area contributed by atoms with Gasteiger partial charge in [-0.25, -0.2) is 25.3 Å². The van der Waals surface area contributed by atoms with Gasteiger partial charge in [0.1, 0.15) is 29.0 Å². The number of unbranched alkanes of at least 4 members (excludes halogenated alkanes) is 13. The Morgan fingerprint density at radius 1 is 0.645 bits per heavy atom. The van der Waals surface area contributed by atoms with Gasteiger partial charge < -0.3 is 20.3 Å². The van der Waals surface area contributed by atoms with E-state index < -0.39 is 56.7 Å². The van der Waals surface area contributed by atoms with Crippen molar-refractivity contribution in [1.29, 1.82) is 5.26 Å². The molecule has 19 heteroatoms. The van der Waals surface area contributed by atoms with E-state index in [9.17, 15) is 45.5 Å². The molecule has 0 aliphatic heterocycles. The monoisotopic (exact) mass is 1100 g/mol. The molecule has 0 saturated heterocycles. The molecule has 5 N–H and O–H groups in total. The van der Waals surface area contributed by atoms with Gasteiger partial charge in [0.15, 0.2) is 9.84 Å². The van der Waals surface area contributed by atoms with E-state index in [1.807, 2.05) is 6.07 Å². The third-order valence-corrected chi connectivity index (χ3v) is 16.8. The zero-order valence-electron chi connectivity index (χ0n) is 45.3. The summed E-state index contributed by atoms with van der Waals surface area (Å²) in [5, 5.41) is 43.8. The Morgan fingerprint density at radius 2 is 1.20 bits per heavy atom. The fourth-order valence-electron chi connectivity index (χ4n) is 9.39. The molecule has 76 heavy (non-hydrogen) atoms. The lowest BCUT2D eigenvalue weighted by Gasteiger charge is -2.34. The Kier molecular flexibility index (Phi) is 21.3. The first-order valence-electron chi connectivity index (χ1n) is 26.2. The molecule has 16 nitrogen and oxygen atoms in total. The van der Waals surface area contributed by atoms with E-state index in [0.29, 0.717) is 12.4 Å². The van der Waals surface area contributed by atoms with Crippen molar-refractivity contribution in [3.05, 3.63) is 90.0 Å². The number of carbonyl (C=O) groups is 1. The van der Waals surface area contributed by atoms with Gasteiger partial charge in [0.25, 0.3) is 20.0 Å². The maximum Gasteiger partial charge on any atom is 0.262 e. The van der Waals surface area contributed by atoms with Crippen molar-refractivity contribution in [1.82, 2.24) is 0 Å². The largest absolute Gasteiger partial charge is 0.506 e. The lowest BCUT2D eigenvalue weighted by atomic mass is 9.72. The van der Waals surface area contributed by atoms with Crippen LogP contribution < -0.4 is 19.5 Å². The zero-order chi connectivity index (χ0) is 55.9. The summed E-state index contributed by atoms with van der Waals surface area (Å²) in [4.78, 5) is 11.5. The molecule has 5 rings (SSSR count). The number of nitriles is 1. The number of azo groups is 1. The third-order valence-electron chi connectivity index (χ3n) is 13.0. The molecular formula is C57H76N6O10S3. The SMILES string of the molecule is CCCCCCCCCCCCCCCCOc1cc(NS(=O)(=O)c2cccc(S(=O)(=O)Nc3cccc4c(O)c(NC(=O)CC)cc(N=Nc5ccc(S(C)(=O)=O)cc5C#N)c34)c2)c(O)cc1C(C)(C)CC(C)(C)C. The zero-order valence-corrected chi connectivity index (χ0v) is 47.7. The Bertz CT molecular complexity index is 3250. The van der Waals surface area contributed by atoms with Crippen LogP contribution in [-0.4, -0.2) is 54.2 Å². The van der Waals surface area contributed by atoms with Crippen LogP contribution in [0.2, 0.25) is 0 Å². The number of nitrogens with zero attached hydrogens (tertiary/aromatic N) is 3. The second-order valence-electron chi connectivity index (χ2n) is 21.3. The van der Waals surface area contributed by atoms with Crippen LogP contribution in [0.15, 0.2) is 104 Å². The number of sulfone groups is 1. The summed E-state index contributed by atoms with van der Waals surface area (Å²) in [5.41, 5.74) is -0.457. The highest BCUT2D eigenvalue weighted by Gasteiger charge is 2.32. The third kappa shape index (κ3) is 17.1. The van der Waals surface area contributed by atoms with Gasteiger partial charge in [0, 0.05) is 35.1 Å². The number of amides is 1. The Morgan fingerprint density at radius 3 is 1.75 bits per heavy atom. The number of phenols is 2. The predicted octanol–water partition coefficient (Wildman–Crippen LogP) is 14.5. The first-order chi connectivity index (χ1) is 35.8. The van der Waals surface area contributed by atoms with E-state index in [2.05, 4.69) is 66.5 Å². The van der Waals surface area contributed by atoms with Crippen molar-refractivity contribution < 1.29 is 45.0 Å². The molecule has 0 bridgehead atoms. The standard InChI is InChI=1S/C57H76N6O10S3/c1-9-11-12-13-14-15-16-17-18-19-20-21-22-23-32-73-52-37-48(51(64)35-45(52)57(6,7)39-56(3,4)5)63-76(71,72)43-27-24-26-42(34-43)75(69,70)62-47-29-25-28-44-54(47)49(36-50(55(44)66)59-53(65)10-2)61-60-46-31-30-41(74(8,67)68)33-40(46)38-58/h24-31,33-37,62-64,66H,9-23,32,39H2,1-8H3,(H,59,65). The minimum Gasteiger partial charge on any atom is -0.506 e. The fraction of sp³-hybridized carbons (Fsp3) is 0.474. The molecule has 0 unspecified atom stereocenters. The number of benzene rings is 5. The van der Waals surface area contributed by atoms with Crippen molar-refractivity contribution in [2.75, 3.05) is 27.6 Å². The predicted molar refractivity (Wildman–Crippen MR) is 302 cm³/mol. The molecule has 0 radical (unpaired) electrons. The van der Waals surface area contributed by atoms with Crippen molar-refractivity contribution >= 4 is 75.0 Å². The maximum atomic E-state index is 14.3. The van der Waals surface area contributed by atoms with Gasteiger partial charge in [0.05, 0.1) is 49.6 Å². The summed E-state index contributed by atoms with van der Waals surface area (Å²) in [6.07, 6.45) is 18.8. The van der Waals surface area contributed by atoms with Crippen LogP contribution in [-0.2, 0) is 40.1 Å². The average Bonchev–Trinajstić information content (AvgIpc) is 3.36. The minimum absolute atomic E-state index is 0.00509. The second kappa shape index (κ2) is 26.7. The van der Waals surface area contributed by atoms with Crippen molar-refractivity contribution in [2.24, 2.45) is 15.6 Å². The molecule has 0 aliphatic carbocycles. The highest BCUT2D eigenvalue weighted by atomic mass is 32.2. The maximum absolute atomic E-state index is 14.3. The smallest absolute Gasteiger partial charge is 0.262 e. The number of carbonyl (C=O) groups excluding carboxylic acids is 1. The van der Waals surface area contributed by atoms with E-state index in [4.69, 9.17) is 4.74 Å². The molecular weight excluding hydrogens is 1020 g/mol. The van der Waals surface area contributed by atoms with Gasteiger partial charge in [-0.2, -0.15) is 5.26 Å². The second-order valence-corrected chi connectivity index (χ2v) is 26.7. The molecule has 5 aromatic rings. The van der Waals surface area contributed by atoms with Crippen LogP contribution in [0.25, 0.3) is 10.8 Å². The van der Waals surface area contributed by atoms with Gasteiger partial charge in [-0.3, -0.25) is 14.2 Å². The van der Waals surface area contributed by atoms with E-state index >= 15 is 0 Å². The number of sulfonamides is 2. The van der Waals surface area contributed by atoms with Gasteiger partial charge in [0.2, 0.25) is 5.91 Å². The first-order valence-corrected chi connectivity index (χ1v) is 31.1. The molecule has 0 aliphatic rings. The van der Waals surface area contributed by atoms with Gasteiger partial charge in [-0.15, -0.1) is 10.2 Å². The highest BCUT2D eigenvalue weighted by molar-refractivity contribution is 7.93. The van der Waals surface area contributed by atoms with Crippen LogP contribution in [0.1, 0.15) is 162 Å². The number of hydrogen-bond acceptors (Lipinski definition) is 13. The van der Waals surface area contributed by atoms with E-state index in [0.717, 1.165) is 56.1 Å². The van der Waals surface area contributed by atoms with Gasteiger partial charge in [-0.05, 0) is 78.3 Å². The summed E-state index contributed by atoms with van der Waals surface area (Å²) < 4.78 is 92.6. The number of rotatable bonds is 29. The summed E-state index contributed by atoms with van der Waals surface area (Å²) in [6.45, 7) is 14.7. The Balaban J connectivity index is 1.39. The van der Waals surface area contributed by atoms with Crippen molar-refractivity contribution in [3.63, 3.8) is 0 Å². The Labute approximate surface area is 450 Å². The van der Waals surface area contributed by atoms with Crippen LogP contribution in [0.3, 0.4) is 0 Å². The number of nitrogens with one attached hydrogen (secondary N) is 3. The molecule has 0 saturated carbocycles. The first kappa shape index (κ1) is 60.6. The molecule has 0 aromatic heterocycles. The summed E-state index contributed by atoms with van der Waals surface area (Å²) >= 11 is 0. The molecule has 0 atom stereocenters. The molecule has 0 heterocycles. The minimum atomic E-state index is -4.64. The number of phenolic OH excluding ortho intramolecular Hbond substituents is 2. The average molecular weight is 1100 g/mol. The topological polar surface area (TPSA) is 254 Å². The number of hydrogen-bond donors (Lipinski definition) is 5. The van der Waals surface area contributed by atoms with E-state index in [1.165, 1.54) is 131 Å². The lowest BCUT2D eigenvalue weighted by Crippen LogP contribution is -2.26. The number of fused-ring (bicyclic) bond motifs is 1. The molecule has 412 valence electrons. The summed E-state index contributed by atoms with van der Waals surface area (Å²) in [6, 6.07) is 18.7. The van der Waals surface area contributed by atoms with Crippen molar-refractivity contribution in [2.45, 2.75) is 171 Å². The van der Waals surface area contributed by atoms with Crippen LogP contribution in [0, 0.1) is 16.7 Å². The fourth-order valence-corrected chi connectivity index (χ4v) is 12.3. The lowest BCUT2D eigenvalue weighted by molar-refractivity contribution is -0.115. The highest BCUT2D eigenvalue weighted by Crippen LogP contribution is 2.46.